The van der Waals surface area contributed by atoms with Crippen molar-refractivity contribution in [3.63, 3.8) is 0 Å². The number of fused-ring (bicyclic) bond motifs is 6. The first-order chi connectivity index (χ1) is 22.9. The van der Waals surface area contributed by atoms with E-state index in [1.165, 1.54) is 24.3 Å². The van der Waals surface area contributed by atoms with Crippen LogP contribution < -0.4 is 10.1 Å². The SMILES string of the molecule is O=C1OC2(c3ccc(O)cc3Oc3cc(O)ccc32)c2ccc(NC(=S)OCCOCCOCCOCCOCCOCCO)cc21. The van der Waals surface area contributed by atoms with Crippen molar-refractivity contribution in [2.75, 3.05) is 84.6 Å². The first-order valence-corrected chi connectivity index (χ1v) is 15.5. The fourth-order valence-corrected chi connectivity index (χ4v) is 5.38. The fourth-order valence-electron chi connectivity index (χ4n) is 5.18. The molecule has 3 aromatic carbocycles. The smallest absolute Gasteiger partial charge is 0.340 e. The molecule has 0 fully saturated rings. The Morgan fingerprint density at radius 3 is 1.70 bits per heavy atom. The Kier molecular flexibility index (Phi) is 12.2. The largest absolute Gasteiger partial charge is 0.508 e. The van der Waals surface area contributed by atoms with Gasteiger partial charge in [0.05, 0.1) is 78.2 Å². The van der Waals surface area contributed by atoms with Crippen molar-refractivity contribution < 1.29 is 58.0 Å². The zero-order valence-electron chi connectivity index (χ0n) is 25.6. The van der Waals surface area contributed by atoms with Gasteiger partial charge in [0.25, 0.3) is 5.17 Å². The molecule has 0 atom stereocenters. The second-order valence-electron chi connectivity index (χ2n) is 10.3. The summed E-state index contributed by atoms with van der Waals surface area (Å²) in [7, 11) is 0. The van der Waals surface area contributed by atoms with Gasteiger partial charge in [-0.05, 0) is 48.6 Å². The van der Waals surface area contributed by atoms with E-state index in [0.29, 0.717) is 106 Å². The van der Waals surface area contributed by atoms with Gasteiger partial charge in [0.1, 0.15) is 29.6 Å². The highest BCUT2D eigenvalue weighted by atomic mass is 32.1. The van der Waals surface area contributed by atoms with Crippen molar-refractivity contribution in [1.82, 2.24) is 0 Å². The van der Waals surface area contributed by atoms with Gasteiger partial charge < -0.3 is 58.5 Å². The molecule has 13 nitrogen and oxygen atoms in total. The molecule has 0 bridgehead atoms. The molecule has 0 amide bonds. The Balaban J connectivity index is 1.04. The van der Waals surface area contributed by atoms with E-state index in [1.807, 2.05) is 0 Å². The quantitative estimate of drug-likeness (QED) is 0.0883. The number of hydrogen-bond acceptors (Lipinski definition) is 13. The molecule has 2 heterocycles. The molecule has 2 aliphatic rings. The second kappa shape index (κ2) is 16.7. The van der Waals surface area contributed by atoms with Gasteiger partial charge in [0.15, 0.2) is 5.60 Å². The van der Waals surface area contributed by atoms with Crippen molar-refractivity contribution in [3.05, 3.63) is 76.9 Å². The minimum atomic E-state index is -1.34. The minimum absolute atomic E-state index is 0.00150. The number of phenols is 2. The molecule has 4 N–H and O–H groups in total. The van der Waals surface area contributed by atoms with E-state index in [-0.39, 0.29) is 29.9 Å². The predicted octanol–water partition coefficient (Wildman–Crippen LogP) is 3.45. The lowest BCUT2D eigenvalue weighted by atomic mass is 9.77. The van der Waals surface area contributed by atoms with Crippen LogP contribution in [0.4, 0.5) is 5.69 Å². The second-order valence-corrected chi connectivity index (χ2v) is 10.7. The molecule has 0 aromatic heterocycles. The Hall–Kier alpha value is -4.02. The van der Waals surface area contributed by atoms with E-state index in [0.717, 1.165) is 0 Å². The third-order valence-electron chi connectivity index (χ3n) is 7.20. The number of benzene rings is 3. The van der Waals surface area contributed by atoms with Crippen LogP contribution in [0.1, 0.15) is 27.0 Å². The normalized spacial score (nSPS) is 13.8. The Morgan fingerprint density at radius 2 is 1.17 bits per heavy atom. The van der Waals surface area contributed by atoms with E-state index in [1.54, 1.807) is 30.3 Å². The molecule has 0 aliphatic carbocycles. The highest BCUT2D eigenvalue weighted by Gasteiger charge is 2.53. The predicted molar refractivity (Wildman–Crippen MR) is 171 cm³/mol. The first-order valence-electron chi connectivity index (χ1n) is 15.1. The van der Waals surface area contributed by atoms with Crippen molar-refractivity contribution in [2.45, 2.75) is 5.60 Å². The van der Waals surface area contributed by atoms with Crippen LogP contribution in [0.2, 0.25) is 0 Å². The number of nitrogens with one attached hydrogen (secondary N) is 1. The van der Waals surface area contributed by atoms with Gasteiger partial charge >= 0.3 is 5.97 Å². The Bertz CT molecular complexity index is 1480. The maximum atomic E-state index is 13.3. The van der Waals surface area contributed by atoms with Crippen LogP contribution in [0, 0.1) is 0 Å². The fraction of sp³-hybridized carbons (Fsp3) is 0.394. The number of rotatable bonds is 18. The first kappa shape index (κ1) is 34.3. The van der Waals surface area contributed by atoms with Crippen LogP contribution in [0.5, 0.6) is 23.0 Å². The molecule has 3 aromatic rings. The maximum absolute atomic E-state index is 13.3. The lowest BCUT2D eigenvalue weighted by Gasteiger charge is -2.36. The van der Waals surface area contributed by atoms with Gasteiger partial charge in [0.2, 0.25) is 0 Å². The number of phenolic OH excluding ortho intramolecular Hbond substituents is 2. The van der Waals surface area contributed by atoms with Gasteiger partial charge in [-0.25, -0.2) is 4.79 Å². The number of hydrogen-bond donors (Lipinski definition) is 4. The zero-order chi connectivity index (χ0) is 33.1. The summed E-state index contributed by atoms with van der Waals surface area (Å²) in [6, 6.07) is 14.4. The van der Waals surface area contributed by atoms with E-state index < -0.39 is 11.6 Å². The van der Waals surface area contributed by atoms with Crippen molar-refractivity contribution >= 4 is 29.0 Å². The Labute approximate surface area is 276 Å². The van der Waals surface area contributed by atoms with E-state index in [9.17, 15) is 15.0 Å². The van der Waals surface area contributed by atoms with Crippen molar-refractivity contribution in [3.8, 4) is 23.0 Å². The van der Waals surface area contributed by atoms with Crippen LogP contribution in [0.3, 0.4) is 0 Å². The summed E-state index contributed by atoms with van der Waals surface area (Å²) in [4.78, 5) is 13.3. The summed E-state index contributed by atoms with van der Waals surface area (Å²) in [5.41, 5.74) is 1.17. The topological polar surface area (TPSA) is 164 Å². The third kappa shape index (κ3) is 8.48. The molecular weight excluding hydrogens is 634 g/mol. The van der Waals surface area contributed by atoms with E-state index in [2.05, 4.69) is 5.32 Å². The lowest BCUT2D eigenvalue weighted by Crippen LogP contribution is -2.32. The minimum Gasteiger partial charge on any atom is -0.508 e. The van der Waals surface area contributed by atoms with E-state index in [4.69, 9.17) is 55.2 Å². The summed E-state index contributed by atoms with van der Waals surface area (Å²) < 4.78 is 44.4. The summed E-state index contributed by atoms with van der Waals surface area (Å²) in [5.74, 6) is 0.0235. The molecule has 252 valence electrons. The van der Waals surface area contributed by atoms with Crippen LogP contribution in [-0.2, 0) is 38.8 Å². The summed E-state index contributed by atoms with van der Waals surface area (Å²) in [6.45, 7) is 4.29. The molecule has 47 heavy (non-hydrogen) atoms. The molecular formula is C33H37NO12S. The number of carbonyl (C=O) groups excluding carboxylic acids is 1. The molecule has 0 saturated heterocycles. The maximum Gasteiger partial charge on any atom is 0.340 e. The number of ether oxygens (including phenoxy) is 8. The van der Waals surface area contributed by atoms with E-state index >= 15 is 0 Å². The Morgan fingerprint density at radius 1 is 0.681 bits per heavy atom. The zero-order valence-corrected chi connectivity index (χ0v) is 26.4. The van der Waals surface area contributed by atoms with Crippen molar-refractivity contribution in [2.24, 2.45) is 0 Å². The standard InChI is InChI=1S/C33H37NO12S/c35-7-8-39-9-10-40-11-12-41-13-14-42-15-16-43-17-18-44-32(47)34-22-1-4-26-25(19-22)31(38)46-33(26)27-5-2-23(36)20-29(27)45-30-21-24(37)3-6-28(30)33/h1-6,19-21,35-37H,7-18H2,(H,34,47). The van der Waals surface area contributed by atoms with Gasteiger partial charge in [-0.15, -0.1) is 0 Å². The van der Waals surface area contributed by atoms with Crippen LogP contribution in [0.15, 0.2) is 54.6 Å². The van der Waals surface area contributed by atoms with Gasteiger partial charge in [-0.2, -0.15) is 0 Å². The highest BCUT2D eigenvalue weighted by Crippen LogP contribution is 2.57. The summed E-state index contributed by atoms with van der Waals surface area (Å²) in [6.07, 6.45) is 0. The number of carbonyl (C=O) groups is 1. The number of aliphatic hydroxyl groups excluding tert-OH is 1. The van der Waals surface area contributed by atoms with Crippen LogP contribution in [0.25, 0.3) is 0 Å². The van der Waals surface area contributed by atoms with Crippen molar-refractivity contribution in [1.29, 1.82) is 0 Å². The number of aromatic hydroxyl groups is 2. The number of esters is 1. The summed E-state index contributed by atoms with van der Waals surface area (Å²) in [5, 5.41) is 31.9. The number of anilines is 1. The average Bonchev–Trinajstić information content (AvgIpc) is 3.33. The average molecular weight is 672 g/mol. The third-order valence-corrected chi connectivity index (χ3v) is 7.42. The number of aliphatic hydroxyl groups is 1. The molecule has 1 spiro atoms. The van der Waals surface area contributed by atoms with Gasteiger partial charge in [-0.3, -0.25) is 0 Å². The molecule has 14 heteroatoms. The molecule has 0 radical (unpaired) electrons. The summed E-state index contributed by atoms with van der Waals surface area (Å²) >= 11 is 5.32. The van der Waals surface area contributed by atoms with Crippen LogP contribution in [-0.4, -0.2) is 106 Å². The lowest BCUT2D eigenvalue weighted by molar-refractivity contribution is -0.0148. The molecule has 2 aliphatic heterocycles. The van der Waals surface area contributed by atoms with Gasteiger partial charge in [0, 0.05) is 34.5 Å². The highest BCUT2D eigenvalue weighted by molar-refractivity contribution is 7.80. The molecule has 0 saturated carbocycles. The molecule has 0 unspecified atom stereocenters. The van der Waals surface area contributed by atoms with Gasteiger partial charge in [-0.1, -0.05) is 6.07 Å². The monoisotopic (exact) mass is 671 g/mol. The number of thiocarbonyl (C=S) groups is 1. The van der Waals surface area contributed by atoms with Crippen LogP contribution >= 0.6 is 12.2 Å². The molecule has 5 rings (SSSR count).